The Morgan fingerprint density at radius 2 is 1.57 bits per heavy atom. The van der Waals surface area contributed by atoms with Crippen LogP contribution in [0.4, 0.5) is 11.4 Å². The summed E-state index contributed by atoms with van der Waals surface area (Å²) in [7, 11) is 8.68. The van der Waals surface area contributed by atoms with Gasteiger partial charge in [0.2, 0.25) is 0 Å². The number of furan rings is 1. The Bertz CT molecular complexity index is 984. The van der Waals surface area contributed by atoms with Crippen LogP contribution in [0.2, 0.25) is 0 Å². The summed E-state index contributed by atoms with van der Waals surface area (Å²) in [5.41, 5.74) is 2.55. The Morgan fingerprint density at radius 3 is 2.10 bits per heavy atom. The number of anilines is 2. The number of carbonyl (C=O) groups excluding carboxylic acids is 1. The van der Waals surface area contributed by atoms with Gasteiger partial charge in [0.1, 0.15) is 23.0 Å². The van der Waals surface area contributed by atoms with Gasteiger partial charge >= 0.3 is 0 Å². The molecule has 0 aliphatic heterocycles. The predicted octanol–water partition coefficient (Wildman–Crippen LogP) is 4.21. The van der Waals surface area contributed by atoms with E-state index in [1.165, 1.54) is 0 Å². The fourth-order valence-corrected chi connectivity index (χ4v) is 3.06. The summed E-state index contributed by atoms with van der Waals surface area (Å²) < 4.78 is 22.0. The average molecular weight is 410 g/mol. The van der Waals surface area contributed by atoms with E-state index in [1.807, 2.05) is 43.3 Å². The number of carbonyl (C=O) groups is 1. The number of benzene rings is 2. The SMILES string of the molecule is COc1cc(OC)c(Cc2ccc(C(=O)Nc3ccc(N(C)C)cc3)o2)c(OC)c1. The van der Waals surface area contributed by atoms with Crippen LogP contribution in [0.25, 0.3) is 0 Å². The zero-order valence-electron chi connectivity index (χ0n) is 17.8. The molecule has 0 saturated carbocycles. The third-order valence-corrected chi connectivity index (χ3v) is 4.70. The quantitative estimate of drug-likeness (QED) is 0.600. The maximum Gasteiger partial charge on any atom is 0.291 e. The topological polar surface area (TPSA) is 73.2 Å². The summed E-state index contributed by atoms with van der Waals surface area (Å²) in [6.07, 6.45) is 0.404. The smallest absolute Gasteiger partial charge is 0.291 e. The molecule has 0 atom stereocenters. The van der Waals surface area contributed by atoms with Crippen molar-refractivity contribution < 1.29 is 23.4 Å². The molecule has 0 fully saturated rings. The lowest BCUT2D eigenvalue weighted by Gasteiger charge is -2.14. The summed E-state index contributed by atoms with van der Waals surface area (Å²) >= 11 is 0. The van der Waals surface area contributed by atoms with Gasteiger partial charge in [-0.15, -0.1) is 0 Å². The summed E-state index contributed by atoms with van der Waals surface area (Å²) in [4.78, 5) is 14.5. The van der Waals surface area contributed by atoms with E-state index in [-0.39, 0.29) is 11.7 Å². The highest BCUT2D eigenvalue weighted by Crippen LogP contribution is 2.35. The molecule has 1 N–H and O–H groups in total. The van der Waals surface area contributed by atoms with Gasteiger partial charge in [0.25, 0.3) is 5.91 Å². The highest BCUT2D eigenvalue weighted by atomic mass is 16.5. The van der Waals surface area contributed by atoms with Gasteiger partial charge in [-0.3, -0.25) is 4.79 Å². The van der Waals surface area contributed by atoms with E-state index in [4.69, 9.17) is 18.6 Å². The normalized spacial score (nSPS) is 10.4. The molecule has 158 valence electrons. The van der Waals surface area contributed by atoms with Crippen molar-refractivity contribution in [3.8, 4) is 17.2 Å². The first-order chi connectivity index (χ1) is 14.4. The number of amides is 1. The molecule has 0 spiro atoms. The van der Waals surface area contributed by atoms with Gasteiger partial charge in [-0.2, -0.15) is 0 Å². The monoisotopic (exact) mass is 410 g/mol. The average Bonchev–Trinajstić information content (AvgIpc) is 3.23. The lowest BCUT2D eigenvalue weighted by molar-refractivity contribution is 0.0995. The van der Waals surface area contributed by atoms with Crippen LogP contribution in [0.3, 0.4) is 0 Å². The molecule has 0 unspecified atom stereocenters. The highest BCUT2D eigenvalue weighted by molar-refractivity contribution is 6.02. The van der Waals surface area contributed by atoms with Crippen LogP contribution in [-0.2, 0) is 6.42 Å². The van der Waals surface area contributed by atoms with E-state index >= 15 is 0 Å². The Balaban J connectivity index is 1.76. The second kappa shape index (κ2) is 9.26. The first kappa shape index (κ1) is 21.1. The first-order valence-electron chi connectivity index (χ1n) is 9.41. The minimum absolute atomic E-state index is 0.230. The first-order valence-corrected chi connectivity index (χ1v) is 9.41. The van der Waals surface area contributed by atoms with Gasteiger partial charge in [-0.05, 0) is 36.4 Å². The second-order valence-electron chi connectivity index (χ2n) is 6.85. The number of hydrogen-bond donors (Lipinski definition) is 1. The summed E-state index contributed by atoms with van der Waals surface area (Å²) in [5.74, 6) is 2.40. The van der Waals surface area contributed by atoms with Crippen molar-refractivity contribution in [2.24, 2.45) is 0 Å². The Labute approximate surface area is 176 Å². The Kier molecular flexibility index (Phi) is 6.51. The largest absolute Gasteiger partial charge is 0.496 e. The van der Waals surface area contributed by atoms with Gasteiger partial charge in [-0.1, -0.05) is 0 Å². The van der Waals surface area contributed by atoms with Gasteiger partial charge in [0, 0.05) is 49.6 Å². The molecule has 0 aliphatic carbocycles. The van der Waals surface area contributed by atoms with E-state index in [0.29, 0.717) is 35.1 Å². The van der Waals surface area contributed by atoms with Gasteiger partial charge in [-0.25, -0.2) is 0 Å². The van der Waals surface area contributed by atoms with E-state index in [2.05, 4.69) is 5.32 Å². The van der Waals surface area contributed by atoms with Crippen LogP contribution < -0.4 is 24.4 Å². The fraction of sp³-hybridized carbons (Fsp3) is 0.261. The Morgan fingerprint density at radius 1 is 0.933 bits per heavy atom. The van der Waals surface area contributed by atoms with Crippen LogP contribution in [0, 0.1) is 0 Å². The van der Waals surface area contributed by atoms with Crippen LogP contribution in [-0.4, -0.2) is 41.3 Å². The molecule has 7 heteroatoms. The fourth-order valence-electron chi connectivity index (χ4n) is 3.06. The van der Waals surface area contributed by atoms with Crippen LogP contribution in [0.1, 0.15) is 21.9 Å². The molecular weight excluding hydrogens is 384 g/mol. The molecule has 1 amide bonds. The van der Waals surface area contributed by atoms with Crippen LogP contribution in [0.5, 0.6) is 17.2 Å². The zero-order valence-corrected chi connectivity index (χ0v) is 17.8. The lowest BCUT2D eigenvalue weighted by Crippen LogP contribution is -2.12. The van der Waals surface area contributed by atoms with E-state index in [1.54, 1.807) is 45.6 Å². The van der Waals surface area contributed by atoms with Crippen LogP contribution in [0.15, 0.2) is 52.9 Å². The minimum atomic E-state index is -0.312. The molecule has 0 aliphatic rings. The van der Waals surface area contributed by atoms with E-state index < -0.39 is 0 Å². The zero-order chi connectivity index (χ0) is 21.7. The van der Waals surface area contributed by atoms with Crippen molar-refractivity contribution in [2.45, 2.75) is 6.42 Å². The second-order valence-corrected chi connectivity index (χ2v) is 6.85. The van der Waals surface area contributed by atoms with Gasteiger partial charge in [0.05, 0.1) is 21.3 Å². The Hall–Kier alpha value is -3.61. The van der Waals surface area contributed by atoms with Gasteiger partial charge in [0.15, 0.2) is 5.76 Å². The van der Waals surface area contributed by atoms with Crippen molar-refractivity contribution in [1.29, 1.82) is 0 Å². The minimum Gasteiger partial charge on any atom is -0.496 e. The van der Waals surface area contributed by atoms with Crippen molar-refractivity contribution in [3.63, 3.8) is 0 Å². The number of nitrogens with zero attached hydrogens (tertiary/aromatic N) is 1. The van der Waals surface area contributed by atoms with Crippen molar-refractivity contribution in [1.82, 2.24) is 0 Å². The number of nitrogens with one attached hydrogen (secondary N) is 1. The molecule has 3 aromatic rings. The molecule has 7 nitrogen and oxygen atoms in total. The highest BCUT2D eigenvalue weighted by Gasteiger charge is 2.17. The number of rotatable bonds is 8. The van der Waals surface area contributed by atoms with Crippen molar-refractivity contribution >= 4 is 17.3 Å². The predicted molar refractivity (Wildman–Crippen MR) is 116 cm³/mol. The molecule has 0 saturated heterocycles. The van der Waals surface area contributed by atoms with Crippen molar-refractivity contribution in [2.75, 3.05) is 45.6 Å². The summed E-state index contributed by atoms with van der Waals surface area (Å²) in [6, 6.07) is 14.6. The summed E-state index contributed by atoms with van der Waals surface area (Å²) in [6.45, 7) is 0. The van der Waals surface area contributed by atoms with Crippen LogP contribution >= 0.6 is 0 Å². The molecule has 0 bridgehead atoms. The maximum atomic E-state index is 12.5. The molecule has 3 rings (SSSR count). The molecule has 2 aromatic carbocycles. The third kappa shape index (κ3) is 4.68. The lowest BCUT2D eigenvalue weighted by atomic mass is 10.1. The number of methoxy groups -OCH3 is 3. The standard InChI is InChI=1S/C23H26N2O5/c1-25(2)16-8-6-15(7-9-16)24-23(26)20-11-10-17(30-20)12-19-21(28-4)13-18(27-3)14-22(19)29-5/h6-11,13-14H,12H2,1-5H3,(H,24,26). The third-order valence-electron chi connectivity index (χ3n) is 4.70. The molecule has 1 heterocycles. The molecule has 30 heavy (non-hydrogen) atoms. The van der Waals surface area contributed by atoms with Gasteiger partial charge < -0.3 is 28.8 Å². The molecule has 1 aromatic heterocycles. The number of ether oxygens (including phenoxy) is 3. The van der Waals surface area contributed by atoms with E-state index in [9.17, 15) is 4.79 Å². The summed E-state index contributed by atoms with van der Waals surface area (Å²) in [5, 5.41) is 2.84. The number of hydrogen-bond acceptors (Lipinski definition) is 6. The molecular formula is C23H26N2O5. The van der Waals surface area contributed by atoms with Crippen molar-refractivity contribution in [3.05, 3.63) is 65.6 Å². The molecule has 0 radical (unpaired) electrons. The maximum absolute atomic E-state index is 12.5. The van der Waals surface area contributed by atoms with E-state index in [0.717, 1.165) is 11.3 Å².